The zero-order valence-electron chi connectivity index (χ0n) is 11.6. The monoisotopic (exact) mass is 363 g/mol. The van der Waals surface area contributed by atoms with Gasteiger partial charge in [-0.05, 0) is 19.3 Å². The fraction of sp³-hybridized carbons (Fsp3) is 0.778. The van der Waals surface area contributed by atoms with Crippen molar-refractivity contribution in [3.63, 3.8) is 0 Å². The van der Waals surface area contributed by atoms with Gasteiger partial charge in [-0.1, -0.05) is 17.8 Å². The molecule has 1 saturated carbocycles. The first-order chi connectivity index (χ1) is 9.16. The van der Waals surface area contributed by atoms with Crippen LogP contribution in [-0.4, -0.2) is 49.1 Å². The topological polar surface area (TPSA) is 129 Å². The predicted molar refractivity (Wildman–Crippen MR) is 72.4 cm³/mol. The van der Waals surface area contributed by atoms with Gasteiger partial charge >= 0.3 is 29.6 Å². The summed E-state index contributed by atoms with van der Waals surface area (Å²) in [4.78, 5) is 0. The summed E-state index contributed by atoms with van der Waals surface area (Å²) in [6.07, 6.45) is 2.95. The maximum Gasteiger partial charge on any atom is 1.00 e. The number of aromatic nitrogens is 2. The third-order valence-electron chi connectivity index (χ3n) is 3.09. The van der Waals surface area contributed by atoms with E-state index in [0.717, 1.165) is 17.6 Å². The summed E-state index contributed by atoms with van der Waals surface area (Å²) < 4.78 is 55.6. The molecule has 2 atom stereocenters. The Morgan fingerprint density at radius 2 is 1.90 bits per heavy atom. The molecule has 1 aromatic rings. The molecule has 2 rings (SSSR count). The van der Waals surface area contributed by atoms with Crippen LogP contribution < -0.4 is 34.9 Å². The molecular weight excluding hydrogens is 349 g/mol. The summed E-state index contributed by atoms with van der Waals surface area (Å²) in [7, 11) is -7.69. The minimum atomic E-state index is -4.29. The molecule has 2 unspecified atom stereocenters. The van der Waals surface area contributed by atoms with Crippen molar-refractivity contribution in [1.29, 1.82) is 0 Å². The molecule has 1 heterocycles. The van der Waals surface area contributed by atoms with E-state index in [1.165, 1.54) is 0 Å². The Labute approximate surface area is 149 Å². The van der Waals surface area contributed by atoms with E-state index >= 15 is 0 Å². The number of nitrogens with zero attached hydrogens (tertiary/aromatic N) is 2. The third kappa shape index (κ3) is 5.41. The van der Waals surface area contributed by atoms with Crippen molar-refractivity contribution in [3.8, 4) is 0 Å². The van der Waals surface area contributed by atoms with Gasteiger partial charge < -0.3 is 9.87 Å². The van der Waals surface area contributed by atoms with E-state index in [2.05, 4.69) is 15.5 Å². The van der Waals surface area contributed by atoms with Crippen molar-refractivity contribution >= 4 is 36.4 Å². The maximum absolute atomic E-state index is 11.3. The van der Waals surface area contributed by atoms with Crippen molar-refractivity contribution in [2.45, 2.75) is 41.3 Å². The van der Waals surface area contributed by atoms with Gasteiger partial charge in [0.05, 0.1) is 15.4 Å². The van der Waals surface area contributed by atoms with Crippen LogP contribution in [-0.2, 0) is 20.0 Å². The van der Waals surface area contributed by atoms with Crippen LogP contribution in [0.4, 0.5) is 5.13 Å². The predicted octanol–water partition coefficient (Wildman–Crippen LogP) is -2.79. The van der Waals surface area contributed by atoms with Gasteiger partial charge in [-0.25, -0.2) is 16.8 Å². The Kier molecular flexibility index (Phi) is 6.60. The fourth-order valence-corrected chi connectivity index (χ4v) is 4.64. The second-order valence-corrected chi connectivity index (χ2v) is 9.59. The molecule has 0 saturated heterocycles. The van der Waals surface area contributed by atoms with Crippen molar-refractivity contribution in [1.82, 2.24) is 10.2 Å². The van der Waals surface area contributed by atoms with Gasteiger partial charge in [0.15, 0.2) is 0 Å². The van der Waals surface area contributed by atoms with E-state index in [1.807, 2.05) is 0 Å². The molecule has 0 bridgehead atoms. The quantitative estimate of drug-likeness (QED) is 0.449. The SMILES string of the molecule is CS(=O)(=O)c1nnc(NC2CCCC(S(=O)(=O)[O-])C2)s1.[Na+]. The van der Waals surface area contributed by atoms with Gasteiger partial charge in [-0.15, -0.1) is 10.2 Å². The van der Waals surface area contributed by atoms with E-state index in [0.29, 0.717) is 24.4 Å². The van der Waals surface area contributed by atoms with Crippen molar-refractivity contribution in [2.24, 2.45) is 0 Å². The largest absolute Gasteiger partial charge is 1.00 e. The first-order valence-corrected chi connectivity index (χ1v) is 10.1. The number of rotatable bonds is 4. The number of nitrogens with one attached hydrogen (secondary N) is 1. The number of hydrogen-bond donors (Lipinski definition) is 1. The molecule has 0 aromatic carbocycles. The standard InChI is InChI=1S/C9H15N3O5S3.Na/c1-19(13,14)9-12-11-8(18-9)10-6-3-2-4-7(5-6)20(15,16)17;/h6-7H,2-5H2,1H3,(H,10,11)(H,15,16,17);/q;+1/p-1. The second kappa shape index (κ2) is 7.20. The number of anilines is 1. The fourth-order valence-electron chi connectivity index (χ4n) is 2.13. The Morgan fingerprint density at radius 3 is 2.43 bits per heavy atom. The van der Waals surface area contributed by atoms with E-state index < -0.39 is 25.2 Å². The molecule has 1 aliphatic rings. The molecule has 0 spiro atoms. The molecule has 0 amide bonds. The van der Waals surface area contributed by atoms with Crippen molar-refractivity contribution < 1.29 is 50.9 Å². The van der Waals surface area contributed by atoms with Crippen LogP contribution in [0, 0.1) is 0 Å². The summed E-state index contributed by atoms with van der Waals surface area (Å²) in [6.45, 7) is 0. The van der Waals surface area contributed by atoms with E-state index in [-0.39, 0.29) is 46.4 Å². The smallest absolute Gasteiger partial charge is 0.748 e. The summed E-state index contributed by atoms with van der Waals surface area (Å²) in [5, 5.41) is 9.65. The van der Waals surface area contributed by atoms with Crippen LogP contribution in [0.5, 0.6) is 0 Å². The molecule has 1 fully saturated rings. The van der Waals surface area contributed by atoms with Gasteiger partial charge in [-0.2, -0.15) is 0 Å². The molecule has 0 aliphatic heterocycles. The molecule has 12 heteroatoms. The van der Waals surface area contributed by atoms with Crippen LogP contribution in [0.1, 0.15) is 25.7 Å². The molecular formula is C9H14N3NaO5S3. The zero-order valence-corrected chi connectivity index (χ0v) is 16.1. The van der Waals surface area contributed by atoms with Gasteiger partial charge in [0, 0.05) is 12.3 Å². The van der Waals surface area contributed by atoms with E-state index in [4.69, 9.17) is 0 Å². The average Bonchev–Trinajstić information content (AvgIpc) is 2.76. The molecule has 1 aromatic heterocycles. The summed E-state index contributed by atoms with van der Waals surface area (Å²) >= 11 is 0.893. The van der Waals surface area contributed by atoms with E-state index in [9.17, 15) is 21.4 Å². The minimum Gasteiger partial charge on any atom is -0.748 e. The number of sulfone groups is 1. The van der Waals surface area contributed by atoms with Gasteiger partial charge in [-0.3, -0.25) is 0 Å². The minimum absolute atomic E-state index is 0. The number of hydrogen-bond acceptors (Lipinski definition) is 9. The van der Waals surface area contributed by atoms with E-state index in [1.54, 1.807) is 0 Å². The van der Waals surface area contributed by atoms with Crippen molar-refractivity contribution in [3.05, 3.63) is 0 Å². The summed E-state index contributed by atoms with van der Waals surface area (Å²) in [6, 6.07) is -0.210. The molecule has 1 aliphatic carbocycles. The van der Waals surface area contributed by atoms with Crippen LogP contribution >= 0.6 is 11.3 Å². The average molecular weight is 363 g/mol. The molecule has 1 N–H and O–H groups in total. The van der Waals surface area contributed by atoms with Crippen molar-refractivity contribution in [2.75, 3.05) is 11.6 Å². The Bertz CT molecular complexity index is 687. The first kappa shape index (κ1) is 19.3. The Morgan fingerprint density at radius 1 is 1.24 bits per heavy atom. The second-order valence-electron chi connectivity index (χ2n) is 4.77. The van der Waals surface area contributed by atoms with Gasteiger partial charge in [0.2, 0.25) is 19.3 Å². The maximum atomic E-state index is 11.3. The molecule has 21 heavy (non-hydrogen) atoms. The molecule has 114 valence electrons. The van der Waals surface area contributed by atoms with Crippen LogP contribution in [0.2, 0.25) is 0 Å². The third-order valence-corrected chi connectivity index (χ3v) is 6.85. The van der Waals surface area contributed by atoms with Crippen LogP contribution in [0.3, 0.4) is 0 Å². The summed E-state index contributed by atoms with van der Waals surface area (Å²) in [5.41, 5.74) is 0. The Hall–Kier alpha value is 0.220. The first-order valence-electron chi connectivity index (χ1n) is 5.91. The van der Waals surface area contributed by atoms with Crippen LogP contribution in [0.25, 0.3) is 0 Å². The van der Waals surface area contributed by atoms with Gasteiger partial charge in [0.1, 0.15) is 0 Å². The summed E-state index contributed by atoms with van der Waals surface area (Å²) in [5.74, 6) is 0. The van der Waals surface area contributed by atoms with Gasteiger partial charge in [0.25, 0.3) is 0 Å². The Balaban J connectivity index is 0.00000220. The zero-order chi connectivity index (χ0) is 15.0. The van der Waals surface area contributed by atoms with Crippen LogP contribution in [0.15, 0.2) is 4.34 Å². The normalized spacial score (nSPS) is 23.3. The molecule has 8 nitrogen and oxygen atoms in total. The molecule has 0 radical (unpaired) electrons.